The Hall–Kier alpha value is -1.95. The number of aliphatic hydroxyl groups excluding tert-OH is 1. The van der Waals surface area contributed by atoms with Gasteiger partial charge in [-0.3, -0.25) is 4.79 Å². The smallest absolute Gasteiger partial charge is 0.260 e. The molecule has 6 nitrogen and oxygen atoms in total. The van der Waals surface area contributed by atoms with Crippen LogP contribution < -0.4 is 14.2 Å². The number of hydrogen-bond donors (Lipinski definition) is 1. The standard InChI is InChI=1S/C14H17NO5/c1-15(10-2-3-10)14(17)7-18-11-5-13-12(19-8-20-13)4-9(11)6-16/h4-5,10,16H,2-3,6-8H2,1H3. The second-order valence-corrected chi connectivity index (χ2v) is 5.00. The van der Waals surface area contributed by atoms with E-state index in [-0.39, 0.29) is 25.9 Å². The molecule has 1 heterocycles. The van der Waals surface area contributed by atoms with Crippen LogP contribution in [-0.4, -0.2) is 42.4 Å². The molecule has 2 aliphatic rings. The zero-order chi connectivity index (χ0) is 14.1. The highest BCUT2D eigenvalue weighted by molar-refractivity contribution is 5.78. The summed E-state index contributed by atoms with van der Waals surface area (Å²) in [7, 11) is 1.79. The van der Waals surface area contributed by atoms with Gasteiger partial charge in [0.15, 0.2) is 18.1 Å². The highest BCUT2D eigenvalue weighted by atomic mass is 16.7. The predicted octanol–water partition coefficient (Wildman–Crippen LogP) is 0.907. The molecule has 108 valence electrons. The highest BCUT2D eigenvalue weighted by Crippen LogP contribution is 2.38. The maximum Gasteiger partial charge on any atom is 0.260 e. The molecular weight excluding hydrogens is 262 g/mol. The summed E-state index contributed by atoms with van der Waals surface area (Å²) in [5, 5.41) is 9.35. The fourth-order valence-corrected chi connectivity index (χ4v) is 2.13. The Bertz CT molecular complexity index is 527. The zero-order valence-electron chi connectivity index (χ0n) is 11.3. The minimum Gasteiger partial charge on any atom is -0.483 e. The van der Waals surface area contributed by atoms with Gasteiger partial charge in [-0.25, -0.2) is 0 Å². The SMILES string of the molecule is CN(C(=O)COc1cc2c(cc1CO)OCO2)C1CC1. The second kappa shape index (κ2) is 5.20. The molecule has 1 aromatic carbocycles. The summed E-state index contributed by atoms with van der Waals surface area (Å²) in [6.07, 6.45) is 2.13. The van der Waals surface area contributed by atoms with Crippen LogP contribution in [0.15, 0.2) is 12.1 Å². The lowest BCUT2D eigenvalue weighted by Gasteiger charge is -2.17. The van der Waals surface area contributed by atoms with Crippen molar-refractivity contribution in [3.8, 4) is 17.2 Å². The number of nitrogens with zero attached hydrogens (tertiary/aromatic N) is 1. The maximum atomic E-state index is 11.9. The lowest BCUT2D eigenvalue weighted by molar-refractivity contribution is -0.132. The first-order valence-electron chi connectivity index (χ1n) is 6.61. The third-order valence-electron chi connectivity index (χ3n) is 3.57. The Labute approximate surface area is 116 Å². The molecule has 0 saturated heterocycles. The van der Waals surface area contributed by atoms with Gasteiger partial charge in [-0.05, 0) is 18.9 Å². The predicted molar refractivity (Wildman–Crippen MR) is 69.8 cm³/mol. The molecule has 0 atom stereocenters. The van der Waals surface area contributed by atoms with Crippen molar-refractivity contribution in [3.05, 3.63) is 17.7 Å². The largest absolute Gasteiger partial charge is 0.483 e. The Kier molecular flexibility index (Phi) is 3.40. The fourth-order valence-electron chi connectivity index (χ4n) is 2.13. The first-order valence-corrected chi connectivity index (χ1v) is 6.61. The number of carbonyl (C=O) groups excluding carboxylic acids is 1. The van der Waals surface area contributed by atoms with Gasteiger partial charge in [0.25, 0.3) is 5.91 Å². The third-order valence-corrected chi connectivity index (χ3v) is 3.57. The molecule has 1 aliphatic heterocycles. The van der Waals surface area contributed by atoms with E-state index >= 15 is 0 Å². The molecular formula is C14H17NO5. The molecule has 1 fully saturated rings. The van der Waals surface area contributed by atoms with Crippen molar-refractivity contribution >= 4 is 5.91 Å². The summed E-state index contributed by atoms with van der Waals surface area (Å²) in [5.41, 5.74) is 0.580. The molecule has 1 aliphatic carbocycles. The number of rotatable bonds is 5. The fraction of sp³-hybridized carbons (Fsp3) is 0.500. The molecule has 0 spiro atoms. The van der Waals surface area contributed by atoms with Crippen LogP contribution in [0.5, 0.6) is 17.2 Å². The van der Waals surface area contributed by atoms with E-state index in [0.29, 0.717) is 28.9 Å². The molecule has 0 unspecified atom stereocenters. The van der Waals surface area contributed by atoms with E-state index in [9.17, 15) is 9.90 Å². The molecule has 0 bridgehead atoms. The summed E-state index contributed by atoms with van der Waals surface area (Å²) in [6, 6.07) is 3.69. The second-order valence-electron chi connectivity index (χ2n) is 5.00. The molecule has 1 N–H and O–H groups in total. The van der Waals surface area contributed by atoms with Crippen LogP contribution in [-0.2, 0) is 11.4 Å². The van der Waals surface area contributed by atoms with E-state index in [2.05, 4.69) is 0 Å². The minimum absolute atomic E-state index is 0.0420. The summed E-state index contributed by atoms with van der Waals surface area (Å²) < 4.78 is 16.0. The number of ether oxygens (including phenoxy) is 3. The van der Waals surface area contributed by atoms with Crippen molar-refractivity contribution in [2.75, 3.05) is 20.4 Å². The van der Waals surface area contributed by atoms with Crippen molar-refractivity contribution in [3.63, 3.8) is 0 Å². The van der Waals surface area contributed by atoms with Gasteiger partial charge in [-0.2, -0.15) is 0 Å². The molecule has 3 rings (SSSR count). The van der Waals surface area contributed by atoms with Crippen molar-refractivity contribution in [1.82, 2.24) is 4.90 Å². The van der Waals surface area contributed by atoms with E-state index < -0.39 is 0 Å². The van der Waals surface area contributed by atoms with E-state index in [1.165, 1.54) is 0 Å². The topological polar surface area (TPSA) is 68.2 Å². The molecule has 1 amide bonds. The zero-order valence-corrected chi connectivity index (χ0v) is 11.3. The van der Waals surface area contributed by atoms with E-state index in [1.807, 2.05) is 0 Å². The highest BCUT2D eigenvalue weighted by Gasteiger charge is 2.29. The Balaban J connectivity index is 1.68. The minimum atomic E-state index is -0.182. The molecule has 0 radical (unpaired) electrons. The Morgan fingerprint density at radius 1 is 1.40 bits per heavy atom. The Morgan fingerprint density at radius 3 is 2.75 bits per heavy atom. The molecule has 1 aromatic rings. The van der Waals surface area contributed by atoms with Crippen LogP contribution in [0.1, 0.15) is 18.4 Å². The number of likely N-dealkylation sites (N-methyl/N-ethyl adjacent to an activating group) is 1. The first kappa shape index (κ1) is 13.1. The number of carbonyl (C=O) groups is 1. The van der Waals surface area contributed by atoms with E-state index in [1.54, 1.807) is 24.1 Å². The number of fused-ring (bicyclic) bond motifs is 1. The molecule has 1 saturated carbocycles. The summed E-state index contributed by atoms with van der Waals surface area (Å²) in [5.74, 6) is 1.55. The molecule has 0 aromatic heterocycles. The van der Waals surface area contributed by atoms with Gasteiger partial charge in [0, 0.05) is 24.7 Å². The molecule has 20 heavy (non-hydrogen) atoms. The van der Waals surface area contributed by atoms with Gasteiger partial charge in [0.1, 0.15) is 5.75 Å². The van der Waals surface area contributed by atoms with Crippen LogP contribution in [0, 0.1) is 0 Å². The van der Waals surface area contributed by atoms with Crippen molar-refractivity contribution in [2.45, 2.75) is 25.5 Å². The quantitative estimate of drug-likeness (QED) is 0.867. The normalized spacial score (nSPS) is 16.1. The monoisotopic (exact) mass is 279 g/mol. The van der Waals surface area contributed by atoms with Gasteiger partial charge < -0.3 is 24.2 Å². The van der Waals surface area contributed by atoms with Crippen LogP contribution in [0.25, 0.3) is 0 Å². The maximum absolute atomic E-state index is 11.9. The van der Waals surface area contributed by atoms with E-state index in [4.69, 9.17) is 14.2 Å². The average molecular weight is 279 g/mol. The average Bonchev–Trinajstić information content (AvgIpc) is 3.21. The summed E-state index contributed by atoms with van der Waals surface area (Å²) >= 11 is 0. The van der Waals surface area contributed by atoms with Crippen LogP contribution in [0.2, 0.25) is 0 Å². The van der Waals surface area contributed by atoms with Gasteiger partial charge in [0.05, 0.1) is 6.61 Å². The lowest BCUT2D eigenvalue weighted by Crippen LogP contribution is -2.33. The van der Waals surface area contributed by atoms with Crippen molar-refractivity contribution in [2.24, 2.45) is 0 Å². The molecule has 6 heteroatoms. The first-order chi connectivity index (χ1) is 9.69. The van der Waals surface area contributed by atoms with Gasteiger partial charge in [-0.15, -0.1) is 0 Å². The Morgan fingerprint density at radius 2 is 2.10 bits per heavy atom. The summed E-state index contributed by atoms with van der Waals surface area (Å²) in [6.45, 7) is -0.0642. The van der Waals surface area contributed by atoms with E-state index in [0.717, 1.165) is 12.8 Å². The van der Waals surface area contributed by atoms with Gasteiger partial charge in [-0.1, -0.05) is 0 Å². The summed E-state index contributed by atoms with van der Waals surface area (Å²) in [4.78, 5) is 13.6. The third kappa shape index (κ3) is 2.51. The number of hydrogen-bond acceptors (Lipinski definition) is 5. The number of benzene rings is 1. The van der Waals surface area contributed by atoms with Gasteiger partial charge in [0.2, 0.25) is 6.79 Å². The van der Waals surface area contributed by atoms with Crippen molar-refractivity contribution < 1.29 is 24.1 Å². The van der Waals surface area contributed by atoms with Gasteiger partial charge >= 0.3 is 0 Å². The lowest BCUT2D eigenvalue weighted by atomic mass is 10.2. The van der Waals surface area contributed by atoms with Crippen LogP contribution >= 0.6 is 0 Å². The van der Waals surface area contributed by atoms with Crippen LogP contribution in [0.3, 0.4) is 0 Å². The number of aliphatic hydroxyl groups is 1. The van der Waals surface area contributed by atoms with Crippen molar-refractivity contribution in [1.29, 1.82) is 0 Å². The van der Waals surface area contributed by atoms with Crippen LogP contribution in [0.4, 0.5) is 0 Å². The number of amides is 1.